The van der Waals surface area contributed by atoms with Crippen LogP contribution in [0.3, 0.4) is 0 Å². The molecular weight excluding hydrogens is 436 g/mol. The number of nitrogens with one attached hydrogen (secondary N) is 2. The zero-order valence-corrected chi connectivity index (χ0v) is 17.7. The Morgan fingerprint density at radius 1 is 1.24 bits per heavy atom. The van der Waals surface area contributed by atoms with Crippen molar-refractivity contribution in [2.75, 3.05) is 5.32 Å². The second kappa shape index (κ2) is 7.67. The predicted octanol–water partition coefficient (Wildman–Crippen LogP) is 4.16. The third kappa shape index (κ3) is 3.73. The topological polar surface area (TPSA) is 97.7 Å². The Balaban J connectivity index is 1.72. The van der Waals surface area contributed by atoms with Crippen LogP contribution in [0.4, 0.5) is 5.69 Å². The molecule has 0 spiro atoms. The summed E-state index contributed by atoms with van der Waals surface area (Å²) in [5.74, 6) is 0.970. The van der Waals surface area contributed by atoms with Crippen molar-refractivity contribution >= 4 is 38.4 Å². The number of tetrazole rings is 1. The Hall–Kier alpha value is -3.20. The SMILES string of the molecule is CC(C)Oc1cccc2cc(C(=O)Nc3ccc(Br)cc3-c3nnn[nH]3)n(C)c12. The van der Waals surface area contributed by atoms with Gasteiger partial charge in [-0.25, -0.2) is 5.10 Å². The number of nitrogens with zero attached hydrogens (tertiary/aromatic N) is 4. The van der Waals surface area contributed by atoms with E-state index >= 15 is 0 Å². The lowest BCUT2D eigenvalue weighted by atomic mass is 10.1. The third-order valence-electron chi connectivity index (χ3n) is 4.44. The number of carbonyl (C=O) groups excluding carboxylic acids is 1. The average Bonchev–Trinajstić information content (AvgIpc) is 3.31. The number of aromatic amines is 1. The van der Waals surface area contributed by atoms with Gasteiger partial charge in [0, 0.05) is 22.5 Å². The Kier molecular flexibility index (Phi) is 5.06. The Labute approximate surface area is 175 Å². The molecule has 2 aromatic heterocycles. The molecule has 0 aliphatic heterocycles. The molecule has 29 heavy (non-hydrogen) atoms. The Morgan fingerprint density at radius 3 is 2.79 bits per heavy atom. The molecule has 9 heteroatoms. The molecule has 2 aromatic carbocycles. The molecule has 4 rings (SSSR count). The maximum atomic E-state index is 13.1. The van der Waals surface area contributed by atoms with Crippen LogP contribution in [0.25, 0.3) is 22.3 Å². The van der Waals surface area contributed by atoms with E-state index in [1.54, 1.807) is 6.07 Å². The molecule has 0 fully saturated rings. The average molecular weight is 455 g/mol. The molecule has 0 bridgehead atoms. The van der Waals surface area contributed by atoms with Gasteiger partial charge in [0.2, 0.25) is 0 Å². The molecule has 0 unspecified atom stereocenters. The molecular formula is C20H19BrN6O2. The summed E-state index contributed by atoms with van der Waals surface area (Å²) in [6, 6.07) is 13.1. The highest BCUT2D eigenvalue weighted by atomic mass is 79.9. The van der Waals surface area contributed by atoms with Gasteiger partial charge >= 0.3 is 0 Å². The second-order valence-corrected chi connectivity index (χ2v) is 7.76. The first-order valence-electron chi connectivity index (χ1n) is 9.04. The summed E-state index contributed by atoms with van der Waals surface area (Å²) < 4.78 is 8.61. The van der Waals surface area contributed by atoms with E-state index in [0.717, 1.165) is 21.1 Å². The van der Waals surface area contributed by atoms with Crippen molar-refractivity contribution in [1.29, 1.82) is 0 Å². The van der Waals surface area contributed by atoms with Gasteiger partial charge in [-0.1, -0.05) is 28.1 Å². The van der Waals surface area contributed by atoms with Gasteiger partial charge in [0.05, 0.1) is 17.3 Å². The summed E-state index contributed by atoms with van der Waals surface area (Å²) in [5, 5.41) is 17.8. The molecule has 0 atom stereocenters. The maximum absolute atomic E-state index is 13.1. The molecule has 4 aromatic rings. The van der Waals surface area contributed by atoms with Crippen LogP contribution in [-0.2, 0) is 7.05 Å². The normalized spacial score (nSPS) is 11.2. The van der Waals surface area contributed by atoms with Gasteiger partial charge < -0.3 is 14.6 Å². The molecule has 2 heterocycles. The number of carbonyl (C=O) groups is 1. The van der Waals surface area contributed by atoms with Crippen LogP contribution in [0.15, 0.2) is 46.9 Å². The predicted molar refractivity (Wildman–Crippen MR) is 114 cm³/mol. The molecule has 1 amide bonds. The van der Waals surface area contributed by atoms with Crippen LogP contribution in [0.5, 0.6) is 5.75 Å². The maximum Gasteiger partial charge on any atom is 0.272 e. The number of fused-ring (bicyclic) bond motifs is 1. The lowest BCUT2D eigenvalue weighted by molar-refractivity contribution is 0.102. The zero-order chi connectivity index (χ0) is 20.5. The number of hydrogen-bond donors (Lipinski definition) is 2. The minimum atomic E-state index is -0.241. The summed E-state index contributed by atoms with van der Waals surface area (Å²) >= 11 is 3.44. The van der Waals surface area contributed by atoms with E-state index in [1.165, 1.54) is 0 Å². The van der Waals surface area contributed by atoms with Crippen molar-refractivity contribution in [3.8, 4) is 17.1 Å². The van der Waals surface area contributed by atoms with Crippen molar-refractivity contribution in [2.45, 2.75) is 20.0 Å². The van der Waals surface area contributed by atoms with Crippen LogP contribution in [-0.4, -0.2) is 37.2 Å². The smallest absolute Gasteiger partial charge is 0.272 e. The first-order valence-corrected chi connectivity index (χ1v) is 9.83. The van der Waals surface area contributed by atoms with Gasteiger partial charge in [-0.15, -0.1) is 5.10 Å². The lowest BCUT2D eigenvalue weighted by Gasteiger charge is -2.13. The molecule has 0 saturated heterocycles. The first-order chi connectivity index (χ1) is 13.9. The van der Waals surface area contributed by atoms with Crippen LogP contribution >= 0.6 is 15.9 Å². The fraction of sp³-hybridized carbons (Fsp3) is 0.200. The number of H-pyrrole nitrogens is 1. The van der Waals surface area contributed by atoms with E-state index in [2.05, 4.69) is 41.9 Å². The summed E-state index contributed by atoms with van der Waals surface area (Å²) in [7, 11) is 1.85. The fourth-order valence-corrected chi connectivity index (χ4v) is 3.59. The van der Waals surface area contributed by atoms with E-state index in [9.17, 15) is 4.79 Å². The highest BCUT2D eigenvalue weighted by Crippen LogP contribution is 2.31. The number of halogens is 1. The minimum absolute atomic E-state index is 0.0358. The fourth-order valence-electron chi connectivity index (χ4n) is 3.23. The van der Waals surface area contributed by atoms with Gasteiger partial charge in [-0.05, 0) is 54.6 Å². The number of ether oxygens (including phenoxy) is 1. The van der Waals surface area contributed by atoms with E-state index in [1.807, 2.05) is 61.9 Å². The standard InChI is InChI=1S/C20H19BrN6O2/c1-11(2)29-17-6-4-5-12-9-16(27(3)18(12)17)20(28)22-15-8-7-13(21)10-14(15)19-23-25-26-24-19/h4-11H,1-3H3,(H,22,28)(H,23,24,25,26). The van der Waals surface area contributed by atoms with Gasteiger partial charge in [-0.2, -0.15) is 0 Å². The highest BCUT2D eigenvalue weighted by Gasteiger charge is 2.19. The highest BCUT2D eigenvalue weighted by molar-refractivity contribution is 9.10. The number of amides is 1. The minimum Gasteiger partial charge on any atom is -0.489 e. The second-order valence-electron chi connectivity index (χ2n) is 6.84. The van der Waals surface area contributed by atoms with Crippen LogP contribution < -0.4 is 10.1 Å². The molecule has 0 radical (unpaired) electrons. The van der Waals surface area contributed by atoms with Crippen molar-refractivity contribution in [1.82, 2.24) is 25.2 Å². The number of hydrogen-bond acceptors (Lipinski definition) is 5. The van der Waals surface area contributed by atoms with E-state index in [0.29, 0.717) is 22.8 Å². The van der Waals surface area contributed by atoms with E-state index in [-0.39, 0.29) is 12.0 Å². The molecule has 0 aliphatic rings. The summed E-state index contributed by atoms with van der Waals surface area (Å²) in [6.45, 7) is 3.95. The number of benzene rings is 2. The summed E-state index contributed by atoms with van der Waals surface area (Å²) in [6.07, 6.45) is 0.0358. The summed E-state index contributed by atoms with van der Waals surface area (Å²) in [4.78, 5) is 13.1. The monoisotopic (exact) mass is 454 g/mol. The van der Waals surface area contributed by atoms with Gasteiger partial charge in [0.25, 0.3) is 5.91 Å². The van der Waals surface area contributed by atoms with Gasteiger partial charge in [-0.3, -0.25) is 4.79 Å². The Morgan fingerprint density at radius 2 is 2.07 bits per heavy atom. The van der Waals surface area contributed by atoms with E-state index in [4.69, 9.17) is 4.74 Å². The number of anilines is 1. The first kappa shape index (κ1) is 19.1. The van der Waals surface area contributed by atoms with Crippen LogP contribution in [0.2, 0.25) is 0 Å². The molecule has 8 nitrogen and oxygen atoms in total. The quantitative estimate of drug-likeness (QED) is 0.471. The Bertz CT molecular complexity index is 1180. The zero-order valence-electron chi connectivity index (χ0n) is 16.1. The van der Waals surface area contributed by atoms with Crippen LogP contribution in [0.1, 0.15) is 24.3 Å². The molecule has 0 aliphatic carbocycles. The number of aryl methyl sites for hydroxylation is 1. The lowest BCUT2D eigenvalue weighted by Crippen LogP contribution is -2.16. The van der Waals surface area contributed by atoms with Gasteiger partial charge in [0.1, 0.15) is 11.4 Å². The van der Waals surface area contributed by atoms with Crippen molar-refractivity contribution in [3.05, 3.63) is 52.6 Å². The van der Waals surface area contributed by atoms with Crippen molar-refractivity contribution in [3.63, 3.8) is 0 Å². The third-order valence-corrected chi connectivity index (χ3v) is 4.94. The van der Waals surface area contributed by atoms with E-state index < -0.39 is 0 Å². The van der Waals surface area contributed by atoms with Gasteiger partial charge in [0.15, 0.2) is 5.82 Å². The number of aromatic nitrogens is 5. The van der Waals surface area contributed by atoms with Crippen LogP contribution in [0, 0.1) is 0 Å². The molecule has 0 saturated carbocycles. The van der Waals surface area contributed by atoms with Crippen molar-refractivity contribution < 1.29 is 9.53 Å². The number of rotatable bonds is 5. The molecule has 148 valence electrons. The summed E-state index contributed by atoms with van der Waals surface area (Å²) in [5.41, 5.74) is 2.67. The largest absolute Gasteiger partial charge is 0.489 e. The van der Waals surface area contributed by atoms with Crippen molar-refractivity contribution in [2.24, 2.45) is 7.05 Å². The number of para-hydroxylation sites is 1. The molecule has 2 N–H and O–H groups in total.